The van der Waals surface area contributed by atoms with Gasteiger partial charge < -0.3 is 9.47 Å². The first-order valence-corrected chi connectivity index (χ1v) is 21.2. The van der Waals surface area contributed by atoms with Gasteiger partial charge in [-0.15, -0.1) is 0 Å². The summed E-state index contributed by atoms with van der Waals surface area (Å²) in [4.78, 5) is 2.34. The Morgan fingerprint density at radius 1 is 0.226 bits per heavy atom. The Bertz CT molecular complexity index is 3260. The fourth-order valence-electron chi connectivity index (χ4n) is 8.84. The van der Waals surface area contributed by atoms with Gasteiger partial charge in [0.1, 0.15) is 0 Å². The van der Waals surface area contributed by atoms with Crippen LogP contribution in [0.25, 0.3) is 83.1 Å². The van der Waals surface area contributed by atoms with Crippen LogP contribution in [0.2, 0.25) is 0 Å². The SMILES string of the molecule is c1ccc(-c2ccc(-c3ccc(N(c4ccc(-c5ccccc5)cc4)c4ccc(-c5ccc(-c6ccc7c(c6)c6ccccc6n7-c6ccccc6)cc5)cc4)cc3)cc2)cc1. The van der Waals surface area contributed by atoms with E-state index in [0.29, 0.717) is 0 Å². The molecule has 0 saturated carbocycles. The third-order valence-corrected chi connectivity index (χ3v) is 12.0. The summed E-state index contributed by atoms with van der Waals surface area (Å²) >= 11 is 0. The van der Waals surface area contributed by atoms with Crippen molar-refractivity contribution in [1.29, 1.82) is 0 Å². The summed E-state index contributed by atoms with van der Waals surface area (Å²) in [7, 11) is 0. The molecule has 62 heavy (non-hydrogen) atoms. The van der Waals surface area contributed by atoms with Crippen molar-refractivity contribution in [3.8, 4) is 61.3 Å². The Labute approximate surface area is 362 Å². The average Bonchev–Trinajstić information content (AvgIpc) is 3.69. The van der Waals surface area contributed by atoms with Crippen molar-refractivity contribution in [2.75, 3.05) is 4.90 Å². The molecule has 0 aliphatic carbocycles. The number of anilines is 3. The van der Waals surface area contributed by atoms with Gasteiger partial charge in [-0.3, -0.25) is 0 Å². The summed E-state index contributed by atoms with van der Waals surface area (Å²) in [6, 6.07) is 91.9. The van der Waals surface area contributed by atoms with Crippen LogP contribution in [0, 0.1) is 0 Å². The van der Waals surface area contributed by atoms with Gasteiger partial charge >= 0.3 is 0 Å². The third-order valence-electron chi connectivity index (χ3n) is 12.0. The molecular formula is C60H42N2. The van der Waals surface area contributed by atoms with E-state index in [1.165, 1.54) is 83.1 Å². The Morgan fingerprint density at radius 3 is 0.968 bits per heavy atom. The predicted octanol–water partition coefficient (Wildman–Crippen LogP) is 16.6. The van der Waals surface area contributed by atoms with Crippen LogP contribution in [0.5, 0.6) is 0 Å². The van der Waals surface area contributed by atoms with Crippen molar-refractivity contribution < 1.29 is 0 Å². The molecule has 2 nitrogen and oxygen atoms in total. The zero-order valence-corrected chi connectivity index (χ0v) is 34.1. The Balaban J connectivity index is 0.889. The highest BCUT2D eigenvalue weighted by Gasteiger charge is 2.16. The van der Waals surface area contributed by atoms with E-state index in [9.17, 15) is 0 Å². The minimum absolute atomic E-state index is 1.10. The first kappa shape index (κ1) is 36.8. The quantitative estimate of drug-likeness (QED) is 0.141. The van der Waals surface area contributed by atoms with Crippen LogP contribution in [0.15, 0.2) is 255 Å². The number of hydrogen-bond donors (Lipinski definition) is 0. The molecule has 2 heteroatoms. The van der Waals surface area contributed by atoms with Crippen molar-refractivity contribution >= 4 is 38.9 Å². The molecule has 0 saturated heterocycles. The van der Waals surface area contributed by atoms with E-state index in [2.05, 4.69) is 264 Å². The van der Waals surface area contributed by atoms with Gasteiger partial charge in [0.2, 0.25) is 0 Å². The monoisotopic (exact) mass is 790 g/mol. The molecule has 0 bridgehead atoms. The Kier molecular flexibility index (Phi) is 9.57. The fraction of sp³-hybridized carbons (Fsp3) is 0. The molecule has 0 atom stereocenters. The van der Waals surface area contributed by atoms with Crippen LogP contribution in [0.4, 0.5) is 17.1 Å². The normalized spacial score (nSPS) is 11.2. The summed E-state index contributed by atoms with van der Waals surface area (Å²) in [6.07, 6.45) is 0. The van der Waals surface area contributed by atoms with Gasteiger partial charge in [0, 0.05) is 33.5 Å². The molecule has 0 amide bonds. The fourth-order valence-corrected chi connectivity index (χ4v) is 8.84. The second-order valence-electron chi connectivity index (χ2n) is 15.8. The maximum Gasteiger partial charge on any atom is 0.0541 e. The van der Waals surface area contributed by atoms with Gasteiger partial charge in [0.05, 0.1) is 11.0 Å². The van der Waals surface area contributed by atoms with Gasteiger partial charge in [0.15, 0.2) is 0 Å². The lowest BCUT2D eigenvalue weighted by atomic mass is 9.98. The molecule has 10 aromatic carbocycles. The maximum absolute atomic E-state index is 2.36. The van der Waals surface area contributed by atoms with Crippen molar-refractivity contribution in [2.45, 2.75) is 0 Å². The average molecular weight is 791 g/mol. The van der Waals surface area contributed by atoms with Gasteiger partial charge in [-0.05, 0) is 122 Å². The van der Waals surface area contributed by atoms with Crippen LogP contribution < -0.4 is 4.90 Å². The number of para-hydroxylation sites is 2. The smallest absolute Gasteiger partial charge is 0.0541 e. The summed E-state index contributed by atoms with van der Waals surface area (Å²) < 4.78 is 2.36. The molecule has 0 N–H and O–H groups in total. The second-order valence-corrected chi connectivity index (χ2v) is 15.8. The molecule has 0 unspecified atom stereocenters. The number of rotatable bonds is 9. The number of hydrogen-bond acceptors (Lipinski definition) is 1. The van der Waals surface area contributed by atoms with Gasteiger partial charge in [-0.1, -0.05) is 188 Å². The largest absolute Gasteiger partial charge is 0.311 e. The van der Waals surface area contributed by atoms with Gasteiger partial charge in [-0.25, -0.2) is 0 Å². The molecule has 0 fully saturated rings. The summed E-state index contributed by atoms with van der Waals surface area (Å²) in [6.45, 7) is 0. The standard InChI is InChI=1S/C60H42N2/c1-4-12-43(13-5-1)45-20-22-46(23-21-45)49-30-37-55(38-31-49)61(54-35-28-48(29-36-54)44-14-6-2-7-15-44)56-39-32-50(33-40-56)47-24-26-51(27-25-47)52-34-41-60-58(42-52)57-18-10-11-19-59(57)62(60)53-16-8-3-9-17-53/h1-42H. The van der Waals surface area contributed by atoms with E-state index in [-0.39, 0.29) is 0 Å². The second kappa shape index (κ2) is 16.1. The number of nitrogens with zero attached hydrogens (tertiary/aromatic N) is 2. The van der Waals surface area contributed by atoms with E-state index in [4.69, 9.17) is 0 Å². The maximum atomic E-state index is 2.36. The highest BCUT2D eigenvalue weighted by atomic mass is 15.1. The lowest BCUT2D eigenvalue weighted by molar-refractivity contribution is 1.18. The Morgan fingerprint density at radius 2 is 0.532 bits per heavy atom. The van der Waals surface area contributed by atoms with Crippen molar-refractivity contribution in [2.24, 2.45) is 0 Å². The zero-order chi connectivity index (χ0) is 41.2. The Hall–Kier alpha value is -8.20. The van der Waals surface area contributed by atoms with E-state index in [1.807, 2.05) is 0 Å². The van der Waals surface area contributed by atoms with Crippen molar-refractivity contribution in [1.82, 2.24) is 4.57 Å². The topological polar surface area (TPSA) is 8.17 Å². The highest BCUT2D eigenvalue weighted by molar-refractivity contribution is 6.10. The number of benzene rings is 10. The van der Waals surface area contributed by atoms with Crippen molar-refractivity contribution in [3.05, 3.63) is 255 Å². The molecule has 11 rings (SSSR count). The zero-order valence-electron chi connectivity index (χ0n) is 34.1. The highest BCUT2D eigenvalue weighted by Crippen LogP contribution is 2.39. The minimum atomic E-state index is 1.10. The van der Waals surface area contributed by atoms with Crippen LogP contribution in [0.1, 0.15) is 0 Å². The minimum Gasteiger partial charge on any atom is -0.311 e. The van der Waals surface area contributed by atoms with Crippen molar-refractivity contribution in [3.63, 3.8) is 0 Å². The first-order valence-electron chi connectivity index (χ1n) is 21.2. The molecule has 11 aromatic rings. The molecule has 0 aliphatic rings. The molecule has 0 aliphatic heterocycles. The van der Waals surface area contributed by atoms with E-state index < -0.39 is 0 Å². The van der Waals surface area contributed by atoms with E-state index in [1.54, 1.807) is 0 Å². The molecule has 0 spiro atoms. The lowest BCUT2D eigenvalue weighted by Crippen LogP contribution is -2.09. The summed E-state index contributed by atoms with van der Waals surface area (Å²) in [5.74, 6) is 0. The lowest BCUT2D eigenvalue weighted by Gasteiger charge is -2.26. The van der Waals surface area contributed by atoms with Crippen LogP contribution in [0.3, 0.4) is 0 Å². The third kappa shape index (κ3) is 7.04. The van der Waals surface area contributed by atoms with Gasteiger partial charge in [0.25, 0.3) is 0 Å². The first-order chi connectivity index (χ1) is 30.7. The summed E-state index contributed by atoms with van der Waals surface area (Å²) in [5.41, 5.74) is 18.9. The molecule has 1 aromatic heterocycles. The molecule has 292 valence electrons. The summed E-state index contributed by atoms with van der Waals surface area (Å²) in [5, 5.41) is 2.52. The molecular weight excluding hydrogens is 749 g/mol. The van der Waals surface area contributed by atoms with Crippen LogP contribution >= 0.6 is 0 Å². The molecule has 1 heterocycles. The van der Waals surface area contributed by atoms with Crippen LogP contribution in [-0.2, 0) is 0 Å². The predicted molar refractivity (Wildman–Crippen MR) is 263 cm³/mol. The molecule has 0 radical (unpaired) electrons. The number of aromatic nitrogens is 1. The van der Waals surface area contributed by atoms with E-state index >= 15 is 0 Å². The van der Waals surface area contributed by atoms with E-state index in [0.717, 1.165) is 17.1 Å². The van der Waals surface area contributed by atoms with Gasteiger partial charge in [-0.2, -0.15) is 0 Å². The number of fused-ring (bicyclic) bond motifs is 3. The van der Waals surface area contributed by atoms with Crippen LogP contribution in [-0.4, -0.2) is 4.57 Å².